The van der Waals surface area contributed by atoms with E-state index in [2.05, 4.69) is 16.8 Å². The van der Waals surface area contributed by atoms with Crippen LogP contribution in [0.25, 0.3) is 0 Å². The molecule has 4 heteroatoms. The maximum atomic E-state index is 12.3. The SMILES string of the molecule is NC1(CC(=O)NC2CCCc3sccc32)CCCCC1. The molecular weight excluding hydrogens is 268 g/mol. The van der Waals surface area contributed by atoms with Crippen LogP contribution in [0.1, 0.15) is 67.8 Å². The highest BCUT2D eigenvalue weighted by molar-refractivity contribution is 7.10. The van der Waals surface area contributed by atoms with E-state index in [0.717, 1.165) is 19.3 Å². The first kappa shape index (κ1) is 14.1. The second-order valence-electron chi connectivity index (χ2n) is 6.41. The van der Waals surface area contributed by atoms with Crippen LogP contribution in [0.5, 0.6) is 0 Å². The highest BCUT2D eigenvalue weighted by Crippen LogP contribution is 2.34. The van der Waals surface area contributed by atoms with E-state index in [1.54, 1.807) is 0 Å². The first-order chi connectivity index (χ1) is 9.66. The van der Waals surface area contributed by atoms with Crippen molar-refractivity contribution in [2.24, 2.45) is 5.73 Å². The summed E-state index contributed by atoms with van der Waals surface area (Å²) in [5, 5.41) is 5.36. The van der Waals surface area contributed by atoms with Crippen LogP contribution in [0, 0.1) is 0 Å². The monoisotopic (exact) mass is 292 g/mol. The van der Waals surface area contributed by atoms with Gasteiger partial charge in [-0.05, 0) is 49.1 Å². The van der Waals surface area contributed by atoms with Crippen LogP contribution in [0.2, 0.25) is 0 Å². The van der Waals surface area contributed by atoms with Crippen LogP contribution in [0.3, 0.4) is 0 Å². The number of nitrogens with one attached hydrogen (secondary N) is 1. The molecule has 0 spiro atoms. The Labute approximate surface area is 124 Å². The van der Waals surface area contributed by atoms with E-state index < -0.39 is 0 Å². The van der Waals surface area contributed by atoms with E-state index >= 15 is 0 Å². The number of hydrogen-bond acceptors (Lipinski definition) is 3. The number of amides is 1. The summed E-state index contributed by atoms with van der Waals surface area (Å²) in [4.78, 5) is 13.8. The molecule has 3 N–H and O–H groups in total. The number of rotatable bonds is 3. The molecule has 0 aliphatic heterocycles. The number of thiophene rings is 1. The minimum Gasteiger partial charge on any atom is -0.349 e. The first-order valence-corrected chi connectivity index (χ1v) is 8.69. The van der Waals surface area contributed by atoms with Gasteiger partial charge in [0.05, 0.1) is 6.04 Å². The van der Waals surface area contributed by atoms with Gasteiger partial charge in [0.1, 0.15) is 0 Å². The Kier molecular flexibility index (Phi) is 4.13. The quantitative estimate of drug-likeness (QED) is 0.898. The number of nitrogens with two attached hydrogens (primary N) is 1. The smallest absolute Gasteiger partial charge is 0.222 e. The molecule has 110 valence electrons. The summed E-state index contributed by atoms with van der Waals surface area (Å²) in [6, 6.07) is 2.38. The van der Waals surface area contributed by atoms with E-state index in [0.29, 0.717) is 6.42 Å². The molecule has 0 saturated heterocycles. The molecule has 0 bridgehead atoms. The molecule has 20 heavy (non-hydrogen) atoms. The van der Waals surface area contributed by atoms with Gasteiger partial charge in [-0.15, -0.1) is 11.3 Å². The standard InChI is InChI=1S/C16H24N2OS/c17-16(8-2-1-3-9-16)11-15(19)18-13-5-4-6-14-12(13)7-10-20-14/h7,10,13H,1-6,8-9,11,17H2,(H,18,19). The fourth-order valence-corrected chi connectivity index (χ4v) is 4.62. The number of fused-ring (bicyclic) bond motifs is 1. The van der Waals surface area contributed by atoms with Crippen LogP contribution in [-0.2, 0) is 11.2 Å². The Morgan fingerprint density at radius 3 is 2.95 bits per heavy atom. The lowest BCUT2D eigenvalue weighted by Gasteiger charge is -2.33. The molecule has 2 aliphatic rings. The molecule has 1 aromatic heterocycles. The van der Waals surface area contributed by atoms with Gasteiger partial charge in [0.2, 0.25) is 5.91 Å². The minimum atomic E-state index is -0.255. The summed E-state index contributed by atoms with van der Waals surface area (Å²) in [5.41, 5.74) is 7.46. The maximum absolute atomic E-state index is 12.3. The number of aryl methyl sites for hydroxylation is 1. The molecule has 2 aliphatic carbocycles. The van der Waals surface area contributed by atoms with Crippen molar-refractivity contribution in [3.8, 4) is 0 Å². The Bertz CT molecular complexity index is 477. The van der Waals surface area contributed by atoms with Gasteiger partial charge in [-0.25, -0.2) is 0 Å². The van der Waals surface area contributed by atoms with Gasteiger partial charge in [0.25, 0.3) is 0 Å². The second-order valence-corrected chi connectivity index (χ2v) is 7.41. The van der Waals surface area contributed by atoms with Crippen molar-refractivity contribution in [1.82, 2.24) is 5.32 Å². The summed E-state index contributed by atoms with van der Waals surface area (Å²) in [6.45, 7) is 0. The van der Waals surface area contributed by atoms with Crippen molar-refractivity contribution < 1.29 is 4.79 Å². The predicted molar refractivity (Wildman–Crippen MR) is 82.8 cm³/mol. The Hall–Kier alpha value is -0.870. The Morgan fingerprint density at radius 2 is 2.15 bits per heavy atom. The lowest BCUT2D eigenvalue weighted by atomic mass is 9.80. The zero-order chi connectivity index (χ0) is 14.0. The summed E-state index contributed by atoms with van der Waals surface area (Å²) in [7, 11) is 0. The fraction of sp³-hybridized carbons (Fsp3) is 0.688. The molecule has 1 unspecified atom stereocenters. The van der Waals surface area contributed by atoms with Gasteiger partial charge in [-0.2, -0.15) is 0 Å². The van der Waals surface area contributed by atoms with E-state index in [-0.39, 0.29) is 17.5 Å². The highest BCUT2D eigenvalue weighted by Gasteiger charge is 2.31. The molecule has 3 rings (SSSR count). The Morgan fingerprint density at radius 1 is 1.35 bits per heavy atom. The van der Waals surface area contributed by atoms with Crippen LogP contribution in [0.4, 0.5) is 0 Å². The molecule has 3 nitrogen and oxygen atoms in total. The third kappa shape index (κ3) is 3.07. The van der Waals surface area contributed by atoms with Gasteiger partial charge in [0.15, 0.2) is 0 Å². The summed E-state index contributed by atoms with van der Waals surface area (Å²) < 4.78 is 0. The molecule has 1 atom stereocenters. The van der Waals surface area contributed by atoms with Crippen LogP contribution in [0.15, 0.2) is 11.4 Å². The summed E-state index contributed by atoms with van der Waals surface area (Å²) in [6.07, 6.45) is 9.48. The number of carbonyl (C=O) groups excluding carboxylic acids is 1. The lowest BCUT2D eigenvalue weighted by Crippen LogP contribution is -2.46. The molecule has 1 saturated carbocycles. The maximum Gasteiger partial charge on any atom is 0.222 e. The molecular formula is C16H24N2OS. The second kappa shape index (κ2) is 5.86. The van der Waals surface area contributed by atoms with Gasteiger partial charge in [-0.3, -0.25) is 4.79 Å². The van der Waals surface area contributed by atoms with Gasteiger partial charge in [0, 0.05) is 16.8 Å². The van der Waals surface area contributed by atoms with Crippen molar-refractivity contribution in [2.75, 3.05) is 0 Å². The van der Waals surface area contributed by atoms with Gasteiger partial charge in [-0.1, -0.05) is 19.3 Å². The van der Waals surface area contributed by atoms with Gasteiger partial charge < -0.3 is 11.1 Å². The van der Waals surface area contributed by atoms with Crippen LogP contribution < -0.4 is 11.1 Å². The molecule has 0 aromatic carbocycles. The molecule has 1 amide bonds. The fourth-order valence-electron chi connectivity index (χ4n) is 3.63. The lowest BCUT2D eigenvalue weighted by molar-refractivity contribution is -0.123. The van der Waals surface area contributed by atoms with Crippen molar-refractivity contribution in [2.45, 2.75) is 69.4 Å². The van der Waals surface area contributed by atoms with E-state index in [4.69, 9.17) is 5.73 Å². The predicted octanol–water partition coefficient (Wildman–Crippen LogP) is 3.29. The normalized spacial score (nSPS) is 24.9. The van der Waals surface area contributed by atoms with Crippen molar-refractivity contribution in [3.05, 3.63) is 21.9 Å². The summed E-state index contributed by atoms with van der Waals surface area (Å²) >= 11 is 1.82. The van der Waals surface area contributed by atoms with Crippen molar-refractivity contribution in [3.63, 3.8) is 0 Å². The zero-order valence-electron chi connectivity index (χ0n) is 12.0. The Balaban J connectivity index is 1.60. The average Bonchev–Trinajstić information content (AvgIpc) is 2.88. The highest BCUT2D eigenvalue weighted by atomic mass is 32.1. The molecule has 1 heterocycles. The van der Waals surface area contributed by atoms with Crippen molar-refractivity contribution in [1.29, 1.82) is 0 Å². The number of carbonyl (C=O) groups is 1. The molecule has 0 radical (unpaired) electrons. The largest absolute Gasteiger partial charge is 0.349 e. The molecule has 1 fully saturated rings. The van der Waals surface area contributed by atoms with E-state index in [1.807, 2.05) is 11.3 Å². The number of hydrogen-bond donors (Lipinski definition) is 2. The van der Waals surface area contributed by atoms with Crippen LogP contribution in [-0.4, -0.2) is 11.4 Å². The topological polar surface area (TPSA) is 55.1 Å². The van der Waals surface area contributed by atoms with Crippen LogP contribution >= 0.6 is 11.3 Å². The van der Waals surface area contributed by atoms with Crippen molar-refractivity contribution >= 4 is 17.2 Å². The third-order valence-corrected chi connectivity index (χ3v) is 5.75. The van der Waals surface area contributed by atoms with Gasteiger partial charge >= 0.3 is 0 Å². The third-order valence-electron chi connectivity index (χ3n) is 4.75. The zero-order valence-corrected chi connectivity index (χ0v) is 12.8. The van der Waals surface area contributed by atoms with E-state index in [9.17, 15) is 4.79 Å². The van der Waals surface area contributed by atoms with E-state index in [1.165, 1.54) is 42.5 Å². The average molecular weight is 292 g/mol. The minimum absolute atomic E-state index is 0.137. The first-order valence-electron chi connectivity index (χ1n) is 7.81. The summed E-state index contributed by atoms with van der Waals surface area (Å²) in [5.74, 6) is 0.137. The molecule has 1 aromatic rings.